The van der Waals surface area contributed by atoms with Gasteiger partial charge in [0.15, 0.2) is 0 Å². The van der Waals surface area contributed by atoms with Crippen molar-refractivity contribution in [2.45, 2.75) is 16.9 Å². The molecule has 1 aromatic heterocycles. The van der Waals surface area contributed by atoms with Crippen molar-refractivity contribution >= 4 is 17.4 Å². The van der Waals surface area contributed by atoms with Crippen LogP contribution in [0.3, 0.4) is 0 Å². The summed E-state index contributed by atoms with van der Waals surface area (Å²) >= 11 is -0.126. The van der Waals surface area contributed by atoms with E-state index in [2.05, 4.69) is 15.3 Å². The van der Waals surface area contributed by atoms with Gasteiger partial charge >= 0.3 is 5.51 Å². The lowest BCUT2D eigenvalue weighted by atomic mass is 10.3. The molecule has 19 heavy (non-hydrogen) atoms. The molecule has 0 spiro atoms. The van der Waals surface area contributed by atoms with Crippen LogP contribution in [-0.4, -0.2) is 15.5 Å². The standard InChI is InChI=1S/C12H10F3N3S/c13-12(14,15)19-11-3-1-9(2-4-11)18-8-10-7-16-5-6-17-10/h1-7,18H,8H2. The highest BCUT2D eigenvalue weighted by Crippen LogP contribution is 2.36. The minimum absolute atomic E-state index is 0.126. The molecule has 0 radical (unpaired) electrons. The predicted molar refractivity (Wildman–Crippen MR) is 67.7 cm³/mol. The fourth-order valence-corrected chi connectivity index (χ4v) is 1.93. The maximum absolute atomic E-state index is 12.1. The fourth-order valence-electron chi connectivity index (χ4n) is 1.39. The Morgan fingerprint density at radius 3 is 2.42 bits per heavy atom. The summed E-state index contributed by atoms with van der Waals surface area (Å²) in [5.74, 6) is 0. The molecule has 2 aromatic rings. The van der Waals surface area contributed by atoms with Crippen LogP contribution in [0.5, 0.6) is 0 Å². The van der Waals surface area contributed by atoms with Crippen LogP contribution < -0.4 is 5.32 Å². The molecule has 0 saturated carbocycles. The summed E-state index contributed by atoms with van der Waals surface area (Å²) < 4.78 is 36.4. The van der Waals surface area contributed by atoms with Gasteiger partial charge in [-0.1, -0.05) is 0 Å². The summed E-state index contributed by atoms with van der Waals surface area (Å²) in [6, 6.07) is 6.06. The van der Waals surface area contributed by atoms with Crippen molar-refractivity contribution in [2.75, 3.05) is 5.32 Å². The molecule has 100 valence electrons. The highest BCUT2D eigenvalue weighted by atomic mass is 32.2. The van der Waals surface area contributed by atoms with Gasteiger partial charge in [-0.2, -0.15) is 13.2 Å². The molecule has 0 aliphatic heterocycles. The molecule has 3 nitrogen and oxygen atoms in total. The number of alkyl halides is 3. The van der Waals surface area contributed by atoms with Crippen LogP contribution in [-0.2, 0) is 6.54 Å². The summed E-state index contributed by atoms with van der Waals surface area (Å²) in [5.41, 5.74) is -2.76. The van der Waals surface area contributed by atoms with Crippen LogP contribution in [0.4, 0.5) is 18.9 Å². The summed E-state index contributed by atoms with van der Waals surface area (Å²) in [4.78, 5) is 8.17. The normalized spacial score (nSPS) is 11.3. The van der Waals surface area contributed by atoms with Gasteiger partial charge in [0.25, 0.3) is 0 Å². The number of thioether (sulfide) groups is 1. The summed E-state index contributed by atoms with van der Waals surface area (Å²) in [5, 5.41) is 3.06. The lowest BCUT2D eigenvalue weighted by Crippen LogP contribution is -2.02. The van der Waals surface area contributed by atoms with E-state index in [0.29, 0.717) is 6.54 Å². The zero-order valence-electron chi connectivity index (χ0n) is 9.69. The van der Waals surface area contributed by atoms with E-state index in [-0.39, 0.29) is 16.7 Å². The molecular weight excluding hydrogens is 275 g/mol. The first-order chi connectivity index (χ1) is 9.03. The SMILES string of the molecule is FC(F)(F)Sc1ccc(NCc2cnccn2)cc1. The third kappa shape index (κ3) is 4.78. The van der Waals surface area contributed by atoms with Crippen LogP contribution in [0.1, 0.15) is 5.69 Å². The van der Waals surface area contributed by atoms with E-state index in [1.807, 2.05) is 0 Å². The van der Waals surface area contributed by atoms with Gasteiger partial charge in [-0.25, -0.2) is 0 Å². The first-order valence-electron chi connectivity index (χ1n) is 5.37. The maximum atomic E-state index is 12.1. The second-order valence-corrected chi connectivity index (χ2v) is 4.76. The number of nitrogens with one attached hydrogen (secondary N) is 1. The quantitative estimate of drug-likeness (QED) is 0.869. The van der Waals surface area contributed by atoms with Crippen molar-refractivity contribution in [3.05, 3.63) is 48.5 Å². The van der Waals surface area contributed by atoms with E-state index < -0.39 is 5.51 Å². The van der Waals surface area contributed by atoms with Gasteiger partial charge in [-0.3, -0.25) is 9.97 Å². The Labute approximate surface area is 112 Å². The summed E-state index contributed by atoms with van der Waals surface area (Å²) in [6.07, 6.45) is 4.79. The Balaban J connectivity index is 1.92. The number of nitrogens with zero attached hydrogens (tertiary/aromatic N) is 2. The average molecular weight is 285 g/mol. The zero-order valence-corrected chi connectivity index (χ0v) is 10.5. The molecule has 0 fully saturated rings. The number of benzene rings is 1. The van der Waals surface area contributed by atoms with Gasteiger partial charge in [0.2, 0.25) is 0 Å². The molecule has 2 rings (SSSR count). The smallest absolute Gasteiger partial charge is 0.379 e. The molecule has 0 saturated heterocycles. The van der Waals surface area contributed by atoms with E-state index in [9.17, 15) is 13.2 Å². The van der Waals surface area contributed by atoms with Gasteiger partial charge in [0, 0.05) is 23.0 Å². The van der Waals surface area contributed by atoms with Crippen LogP contribution in [0.2, 0.25) is 0 Å². The van der Waals surface area contributed by atoms with E-state index in [0.717, 1.165) is 11.4 Å². The van der Waals surface area contributed by atoms with E-state index >= 15 is 0 Å². The molecule has 0 bridgehead atoms. The Hall–Kier alpha value is -1.76. The third-order valence-electron chi connectivity index (χ3n) is 2.18. The molecular formula is C12H10F3N3S. The van der Waals surface area contributed by atoms with Gasteiger partial charge in [-0.15, -0.1) is 0 Å². The Kier molecular flexibility index (Phi) is 4.26. The molecule has 0 amide bonds. The van der Waals surface area contributed by atoms with Gasteiger partial charge in [0.05, 0.1) is 18.4 Å². The van der Waals surface area contributed by atoms with Crippen molar-refractivity contribution < 1.29 is 13.2 Å². The summed E-state index contributed by atoms with van der Waals surface area (Å²) in [7, 11) is 0. The molecule has 0 atom stereocenters. The zero-order chi connectivity index (χ0) is 13.7. The number of anilines is 1. The minimum Gasteiger partial charge on any atom is -0.379 e. The van der Waals surface area contributed by atoms with Crippen molar-refractivity contribution in [1.82, 2.24) is 9.97 Å². The van der Waals surface area contributed by atoms with Crippen LogP contribution >= 0.6 is 11.8 Å². The van der Waals surface area contributed by atoms with E-state index in [1.54, 1.807) is 30.7 Å². The molecule has 1 aromatic carbocycles. The van der Waals surface area contributed by atoms with Crippen molar-refractivity contribution in [3.8, 4) is 0 Å². The summed E-state index contributed by atoms with van der Waals surface area (Å²) in [6.45, 7) is 0.472. The maximum Gasteiger partial charge on any atom is 0.446 e. The average Bonchev–Trinajstić information content (AvgIpc) is 2.37. The molecule has 0 unspecified atom stereocenters. The highest BCUT2D eigenvalue weighted by molar-refractivity contribution is 8.00. The van der Waals surface area contributed by atoms with Gasteiger partial charge in [-0.05, 0) is 36.0 Å². The molecule has 7 heteroatoms. The number of rotatable bonds is 4. The second kappa shape index (κ2) is 5.92. The third-order valence-corrected chi connectivity index (χ3v) is 2.92. The lowest BCUT2D eigenvalue weighted by molar-refractivity contribution is -0.0328. The molecule has 1 N–H and O–H groups in total. The van der Waals surface area contributed by atoms with Gasteiger partial charge < -0.3 is 5.32 Å². The first kappa shape index (κ1) is 13.7. The van der Waals surface area contributed by atoms with Gasteiger partial charge in [0.1, 0.15) is 0 Å². The van der Waals surface area contributed by atoms with Crippen LogP contribution in [0, 0.1) is 0 Å². The number of hydrogen-bond acceptors (Lipinski definition) is 4. The van der Waals surface area contributed by atoms with E-state index in [1.165, 1.54) is 12.1 Å². The van der Waals surface area contributed by atoms with Crippen molar-refractivity contribution in [2.24, 2.45) is 0 Å². The Morgan fingerprint density at radius 2 is 1.84 bits per heavy atom. The predicted octanol–water partition coefficient (Wildman–Crippen LogP) is 3.70. The number of hydrogen-bond donors (Lipinski definition) is 1. The first-order valence-corrected chi connectivity index (χ1v) is 6.19. The highest BCUT2D eigenvalue weighted by Gasteiger charge is 2.28. The minimum atomic E-state index is -4.26. The topological polar surface area (TPSA) is 37.8 Å². The van der Waals surface area contributed by atoms with Crippen LogP contribution in [0.25, 0.3) is 0 Å². The van der Waals surface area contributed by atoms with Crippen molar-refractivity contribution in [3.63, 3.8) is 0 Å². The Bertz CT molecular complexity index is 514. The largest absolute Gasteiger partial charge is 0.446 e. The monoisotopic (exact) mass is 285 g/mol. The molecule has 0 aliphatic carbocycles. The second-order valence-electron chi connectivity index (χ2n) is 3.62. The van der Waals surface area contributed by atoms with Crippen LogP contribution in [0.15, 0.2) is 47.8 Å². The van der Waals surface area contributed by atoms with Crippen molar-refractivity contribution in [1.29, 1.82) is 0 Å². The molecule has 0 aliphatic rings. The number of aromatic nitrogens is 2. The van der Waals surface area contributed by atoms with E-state index in [4.69, 9.17) is 0 Å². The molecule has 1 heterocycles. The number of halogens is 3. The Morgan fingerprint density at radius 1 is 1.11 bits per heavy atom. The lowest BCUT2D eigenvalue weighted by Gasteiger charge is -2.08. The fraction of sp³-hybridized carbons (Fsp3) is 0.167.